The van der Waals surface area contributed by atoms with E-state index in [1.54, 1.807) is 0 Å². The zero-order chi connectivity index (χ0) is 14.0. The van der Waals surface area contributed by atoms with Gasteiger partial charge in [-0.3, -0.25) is 8.98 Å². The van der Waals surface area contributed by atoms with Crippen LogP contribution in [0.2, 0.25) is 0 Å². The van der Waals surface area contributed by atoms with Crippen LogP contribution in [0.3, 0.4) is 0 Å². The van der Waals surface area contributed by atoms with Crippen LogP contribution in [0.5, 0.6) is 0 Å². The molecule has 0 aromatic heterocycles. The van der Waals surface area contributed by atoms with Gasteiger partial charge in [0, 0.05) is 0 Å². The average Bonchev–Trinajstić information content (AvgIpc) is 2.13. The molecule has 1 fully saturated rings. The first-order valence-corrected chi connectivity index (χ1v) is 7.99. The maximum absolute atomic E-state index is 11.8. The average molecular weight is 278 g/mol. The van der Waals surface area contributed by atoms with Gasteiger partial charge >= 0.3 is 5.97 Å². The van der Waals surface area contributed by atoms with Crippen molar-refractivity contribution >= 4 is 16.1 Å². The van der Waals surface area contributed by atoms with Crippen molar-refractivity contribution in [1.82, 2.24) is 0 Å². The highest BCUT2D eigenvalue weighted by Crippen LogP contribution is 2.29. The Labute approximate surface area is 109 Å². The van der Waals surface area contributed by atoms with Gasteiger partial charge in [0.2, 0.25) is 0 Å². The van der Waals surface area contributed by atoms with E-state index < -0.39 is 15.7 Å². The van der Waals surface area contributed by atoms with Crippen molar-refractivity contribution in [3.05, 3.63) is 0 Å². The van der Waals surface area contributed by atoms with E-state index in [-0.39, 0.29) is 18.0 Å². The number of esters is 1. The SMILES string of the molecule is CC(C)(C)OC(=O)C1CCC(OS(C)(=O)=O)CC1. The highest BCUT2D eigenvalue weighted by Gasteiger charge is 2.31. The summed E-state index contributed by atoms with van der Waals surface area (Å²) in [7, 11) is -3.41. The van der Waals surface area contributed by atoms with E-state index in [9.17, 15) is 13.2 Å². The first kappa shape index (κ1) is 15.4. The second kappa shape index (κ2) is 5.57. The molecular formula is C12H22O5S. The first-order chi connectivity index (χ1) is 8.07. The van der Waals surface area contributed by atoms with Crippen molar-refractivity contribution in [2.45, 2.75) is 58.2 Å². The number of hydrogen-bond donors (Lipinski definition) is 0. The van der Waals surface area contributed by atoms with E-state index in [0.717, 1.165) is 6.26 Å². The number of hydrogen-bond acceptors (Lipinski definition) is 5. The molecule has 0 aliphatic heterocycles. The largest absolute Gasteiger partial charge is 0.460 e. The molecule has 0 saturated heterocycles. The van der Waals surface area contributed by atoms with Gasteiger partial charge in [0.1, 0.15) is 5.60 Å². The zero-order valence-corrected chi connectivity index (χ0v) is 12.2. The molecule has 1 saturated carbocycles. The van der Waals surface area contributed by atoms with Gasteiger partial charge in [-0.05, 0) is 46.5 Å². The standard InChI is InChI=1S/C12H22O5S/c1-12(2,3)16-11(13)9-5-7-10(8-6-9)17-18(4,14)15/h9-10H,5-8H2,1-4H3. The van der Waals surface area contributed by atoms with Crippen LogP contribution in [0.1, 0.15) is 46.5 Å². The minimum Gasteiger partial charge on any atom is -0.460 e. The molecule has 0 aromatic carbocycles. The van der Waals surface area contributed by atoms with Crippen molar-refractivity contribution in [2.75, 3.05) is 6.26 Å². The lowest BCUT2D eigenvalue weighted by atomic mass is 9.87. The number of carbonyl (C=O) groups excluding carboxylic acids is 1. The summed E-state index contributed by atoms with van der Waals surface area (Å²) < 4.78 is 32.2. The molecule has 0 amide bonds. The van der Waals surface area contributed by atoms with Crippen LogP contribution in [-0.4, -0.2) is 32.3 Å². The summed E-state index contributed by atoms with van der Waals surface area (Å²) in [5, 5.41) is 0. The highest BCUT2D eigenvalue weighted by atomic mass is 32.2. The fourth-order valence-corrected chi connectivity index (χ4v) is 2.71. The Morgan fingerprint density at radius 3 is 2.00 bits per heavy atom. The van der Waals surface area contributed by atoms with Crippen LogP contribution < -0.4 is 0 Å². The molecular weight excluding hydrogens is 256 g/mol. The van der Waals surface area contributed by atoms with E-state index >= 15 is 0 Å². The van der Waals surface area contributed by atoms with Crippen LogP contribution in [0.4, 0.5) is 0 Å². The Kier molecular flexibility index (Phi) is 4.78. The van der Waals surface area contributed by atoms with Gasteiger partial charge in [0.25, 0.3) is 10.1 Å². The summed E-state index contributed by atoms with van der Waals surface area (Å²) in [5.41, 5.74) is -0.475. The molecule has 6 heteroatoms. The van der Waals surface area contributed by atoms with Crippen LogP contribution in [-0.2, 0) is 23.8 Å². The minimum atomic E-state index is -3.41. The fraction of sp³-hybridized carbons (Fsp3) is 0.917. The minimum absolute atomic E-state index is 0.136. The Balaban J connectivity index is 2.42. The van der Waals surface area contributed by atoms with E-state index in [1.165, 1.54) is 0 Å². The van der Waals surface area contributed by atoms with Crippen molar-refractivity contribution in [3.63, 3.8) is 0 Å². The van der Waals surface area contributed by atoms with Crippen LogP contribution in [0.15, 0.2) is 0 Å². The summed E-state index contributed by atoms with van der Waals surface area (Å²) >= 11 is 0. The van der Waals surface area contributed by atoms with Crippen molar-refractivity contribution in [1.29, 1.82) is 0 Å². The van der Waals surface area contributed by atoms with Crippen molar-refractivity contribution < 1.29 is 22.1 Å². The lowest BCUT2D eigenvalue weighted by Gasteiger charge is -2.29. The summed E-state index contributed by atoms with van der Waals surface area (Å²) in [6.45, 7) is 5.51. The molecule has 18 heavy (non-hydrogen) atoms. The lowest BCUT2D eigenvalue weighted by molar-refractivity contribution is -0.161. The van der Waals surface area contributed by atoms with Gasteiger partial charge in [-0.15, -0.1) is 0 Å². The zero-order valence-electron chi connectivity index (χ0n) is 11.4. The van der Waals surface area contributed by atoms with Crippen LogP contribution in [0, 0.1) is 5.92 Å². The molecule has 0 heterocycles. The summed E-state index contributed by atoms with van der Waals surface area (Å²) in [6.07, 6.45) is 3.16. The molecule has 5 nitrogen and oxygen atoms in total. The van der Waals surface area contributed by atoms with E-state index in [0.29, 0.717) is 25.7 Å². The maximum Gasteiger partial charge on any atom is 0.309 e. The third-order valence-corrected chi connectivity index (χ3v) is 3.35. The van der Waals surface area contributed by atoms with Crippen molar-refractivity contribution in [2.24, 2.45) is 5.92 Å². The van der Waals surface area contributed by atoms with Gasteiger partial charge in [-0.25, -0.2) is 0 Å². The molecule has 106 valence electrons. The predicted octanol–water partition coefficient (Wildman–Crippen LogP) is 1.86. The molecule has 0 bridgehead atoms. The van der Waals surface area contributed by atoms with E-state index in [4.69, 9.17) is 8.92 Å². The first-order valence-electron chi connectivity index (χ1n) is 6.18. The van der Waals surface area contributed by atoms with E-state index in [2.05, 4.69) is 0 Å². The second-order valence-electron chi connectivity index (χ2n) is 5.81. The van der Waals surface area contributed by atoms with E-state index in [1.807, 2.05) is 20.8 Å². The quantitative estimate of drug-likeness (QED) is 0.582. The summed E-state index contributed by atoms with van der Waals surface area (Å²) in [6, 6.07) is 0. The fourth-order valence-electron chi connectivity index (χ4n) is 2.03. The van der Waals surface area contributed by atoms with Gasteiger partial charge in [0.05, 0.1) is 18.3 Å². The Bertz CT molecular complexity index is 385. The molecule has 1 aliphatic rings. The van der Waals surface area contributed by atoms with Gasteiger partial charge < -0.3 is 4.74 Å². The van der Waals surface area contributed by atoms with Crippen molar-refractivity contribution in [3.8, 4) is 0 Å². The Hall–Kier alpha value is -0.620. The molecule has 0 aromatic rings. The number of ether oxygens (including phenoxy) is 1. The molecule has 0 unspecified atom stereocenters. The molecule has 1 aliphatic carbocycles. The smallest absolute Gasteiger partial charge is 0.309 e. The number of carbonyl (C=O) groups is 1. The second-order valence-corrected chi connectivity index (χ2v) is 7.41. The summed E-state index contributed by atoms with van der Waals surface area (Å²) in [4.78, 5) is 11.8. The van der Waals surface area contributed by atoms with Gasteiger partial charge in [-0.1, -0.05) is 0 Å². The lowest BCUT2D eigenvalue weighted by Crippen LogP contribution is -2.33. The Morgan fingerprint density at radius 1 is 1.11 bits per heavy atom. The molecule has 0 spiro atoms. The molecule has 0 N–H and O–H groups in total. The van der Waals surface area contributed by atoms with Crippen LogP contribution >= 0.6 is 0 Å². The highest BCUT2D eigenvalue weighted by molar-refractivity contribution is 7.86. The third-order valence-electron chi connectivity index (χ3n) is 2.73. The number of rotatable bonds is 3. The van der Waals surface area contributed by atoms with Gasteiger partial charge in [0.15, 0.2) is 0 Å². The maximum atomic E-state index is 11.8. The topological polar surface area (TPSA) is 69.7 Å². The molecule has 0 radical (unpaired) electrons. The predicted molar refractivity (Wildman–Crippen MR) is 67.5 cm³/mol. The summed E-state index contributed by atoms with van der Waals surface area (Å²) in [5.74, 6) is -0.330. The van der Waals surface area contributed by atoms with Gasteiger partial charge in [-0.2, -0.15) is 8.42 Å². The molecule has 1 rings (SSSR count). The monoisotopic (exact) mass is 278 g/mol. The Morgan fingerprint density at radius 2 is 1.61 bits per heavy atom. The van der Waals surface area contributed by atoms with Crippen LogP contribution in [0.25, 0.3) is 0 Å². The normalized spacial score (nSPS) is 25.8. The molecule has 0 atom stereocenters. The third kappa shape index (κ3) is 5.82.